The second-order valence-corrected chi connectivity index (χ2v) is 5.87. The summed E-state index contributed by atoms with van der Waals surface area (Å²) in [6.45, 7) is 0.773. The maximum Gasteiger partial charge on any atom is 0.256 e. The number of benzene rings is 2. The Morgan fingerprint density at radius 2 is 1.80 bits per heavy atom. The number of pyridine rings is 1. The zero-order valence-electron chi connectivity index (χ0n) is 13.6. The molecule has 1 amide bonds. The summed E-state index contributed by atoms with van der Waals surface area (Å²) in [6.07, 6.45) is 3.71. The van der Waals surface area contributed by atoms with Gasteiger partial charge in [-0.3, -0.25) is 4.79 Å². The first-order chi connectivity index (χ1) is 12.3. The van der Waals surface area contributed by atoms with Gasteiger partial charge >= 0.3 is 0 Å². The Morgan fingerprint density at radius 1 is 0.960 bits per heavy atom. The van der Waals surface area contributed by atoms with Gasteiger partial charge in [-0.2, -0.15) is 0 Å². The SMILES string of the molecule is O=C(Nc1ccccn1)c1ccc2ccn(Cc3ccccc3)c2c1. The average Bonchev–Trinajstić information content (AvgIpc) is 3.05. The van der Waals surface area contributed by atoms with Gasteiger partial charge in [-0.1, -0.05) is 42.5 Å². The zero-order valence-corrected chi connectivity index (χ0v) is 13.6. The van der Waals surface area contributed by atoms with E-state index in [4.69, 9.17) is 0 Å². The molecule has 0 bridgehead atoms. The monoisotopic (exact) mass is 327 g/mol. The molecule has 0 saturated carbocycles. The Kier molecular flexibility index (Phi) is 4.01. The highest BCUT2D eigenvalue weighted by Crippen LogP contribution is 2.20. The van der Waals surface area contributed by atoms with Crippen LogP contribution < -0.4 is 5.32 Å². The predicted octanol–water partition coefficient (Wildman–Crippen LogP) is 4.34. The highest BCUT2D eigenvalue weighted by Gasteiger charge is 2.09. The molecule has 1 N–H and O–H groups in total. The lowest BCUT2D eigenvalue weighted by atomic mass is 10.1. The van der Waals surface area contributed by atoms with Crippen molar-refractivity contribution in [1.82, 2.24) is 9.55 Å². The number of fused-ring (bicyclic) bond motifs is 1. The van der Waals surface area contributed by atoms with Crippen LogP contribution in [-0.4, -0.2) is 15.5 Å². The van der Waals surface area contributed by atoms with E-state index in [0.29, 0.717) is 11.4 Å². The van der Waals surface area contributed by atoms with Crippen LogP contribution in [0.15, 0.2) is 85.2 Å². The molecule has 0 unspecified atom stereocenters. The molecule has 0 saturated heterocycles. The highest BCUT2D eigenvalue weighted by atomic mass is 16.1. The molecule has 0 aliphatic rings. The molecule has 0 atom stereocenters. The normalized spacial score (nSPS) is 10.7. The van der Waals surface area contributed by atoms with Crippen molar-refractivity contribution in [3.05, 3.63) is 96.3 Å². The number of aromatic nitrogens is 2. The number of amides is 1. The van der Waals surface area contributed by atoms with Crippen molar-refractivity contribution in [2.45, 2.75) is 6.54 Å². The maximum absolute atomic E-state index is 12.5. The summed E-state index contributed by atoms with van der Waals surface area (Å²) in [6, 6.07) is 23.5. The lowest BCUT2D eigenvalue weighted by Crippen LogP contribution is -2.12. The quantitative estimate of drug-likeness (QED) is 0.606. The molecular weight excluding hydrogens is 310 g/mol. The molecule has 2 aromatic heterocycles. The van der Waals surface area contributed by atoms with Gasteiger partial charge in [0.15, 0.2) is 0 Å². The van der Waals surface area contributed by atoms with Crippen molar-refractivity contribution in [2.75, 3.05) is 5.32 Å². The van der Waals surface area contributed by atoms with E-state index in [1.165, 1.54) is 5.56 Å². The Bertz CT molecular complexity index is 1010. The maximum atomic E-state index is 12.5. The number of nitrogens with zero attached hydrogens (tertiary/aromatic N) is 2. The molecule has 0 radical (unpaired) electrons. The molecule has 0 spiro atoms. The van der Waals surface area contributed by atoms with E-state index in [2.05, 4.69) is 39.3 Å². The molecule has 25 heavy (non-hydrogen) atoms. The van der Waals surface area contributed by atoms with Gasteiger partial charge in [-0.05, 0) is 41.3 Å². The third-order valence-corrected chi connectivity index (χ3v) is 4.14. The van der Waals surface area contributed by atoms with Gasteiger partial charge < -0.3 is 9.88 Å². The lowest BCUT2D eigenvalue weighted by molar-refractivity contribution is 0.102. The van der Waals surface area contributed by atoms with Crippen molar-refractivity contribution in [2.24, 2.45) is 0 Å². The van der Waals surface area contributed by atoms with E-state index < -0.39 is 0 Å². The average molecular weight is 327 g/mol. The van der Waals surface area contributed by atoms with Crippen molar-refractivity contribution < 1.29 is 4.79 Å². The molecule has 4 nitrogen and oxygen atoms in total. The van der Waals surface area contributed by atoms with Crippen LogP contribution in [0, 0.1) is 0 Å². The minimum Gasteiger partial charge on any atom is -0.343 e. The molecular formula is C21H17N3O. The largest absolute Gasteiger partial charge is 0.343 e. The standard InChI is InChI=1S/C21H17N3O/c25-21(23-20-8-4-5-12-22-20)18-10-9-17-11-13-24(19(17)14-18)15-16-6-2-1-3-7-16/h1-14H,15H2,(H,22,23,25). The van der Waals surface area contributed by atoms with Gasteiger partial charge in [0.1, 0.15) is 5.82 Å². The number of hydrogen-bond donors (Lipinski definition) is 1. The molecule has 0 aliphatic carbocycles. The van der Waals surface area contributed by atoms with Gasteiger partial charge in [0.05, 0.1) is 0 Å². The molecule has 4 heteroatoms. The van der Waals surface area contributed by atoms with E-state index in [1.54, 1.807) is 12.3 Å². The van der Waals surface area contributed by atoms with Gasteiger partial charge in [0.2, 0.25) is 0 Å². The Morgan fingerprint density at radius 3 is 2.60 bits per heavy atom. The van der Waals surface area contributed by atoms with E-state index in [0.717, 1.165) is 17.4 Å². The van der Waals surface area contributed by atoms with Crippen LogP contribution in [0.5, 0.6) is 0 Å². The molecule has 0 fully saturated rings. The molecule has 122 valence electrons. The predicted molar refractivity (Wildman–Crippen MR) is 99.7 cm³/mol. The van der Waals surface area contributed by atoms with Gasteiger partial charge in [-0.25, -0.2) is 4.98 Å². The summed E-state index contributed by atoms with van der Waals surface area (Å²) in [5.41, 5.74) is 2.88. The summed E-state index contributed by atoms with van der Waals surface area (Å²) in [5, 5.41) is 3.94. The second kappa shape index (κ2) is 6.61. The summed E-state index contributed by atoms with van der Waals surface area (Å²) >= 11 is 0. The Balaban J connectivity index is 1.63. The topological polar surface area (TPSA) is 46.9 Å². The molecule has 2 aromatic carbocycles. The fraction of sp³-hybridized carbons (Fsp3) is 0.0476. The molecule has 4 rings (SSSR count). The minimum atomic E-state index is -0.159. The van der Waals surface area contributed by atoms with E-state index in [-0.39, 0.29) is 5.91 Å². The number of hydrogen-bond acceptors (Lipinski definition) is 2. The number of carbonyl (C=O) groups excluding carboxylic acids is 1. The molecule has 4 aromatic rings. The molecule has 2 heterocycles. The first-order valence-corrected chi connectivity index (χ1v) is 8.15. The number of anilines is 1. The van der Waals surface area contributed by atoms with Crippen molar-refractivity contribution in [1.29, 1.82) is 0 Å². The van der Waals surface area contributed by atoms with Crippen molar-refractivity contribution >= 4 is 22.6 Å². The van der Waals surface area contributed by atoms with Crippen LogP contribution in [0.3, 0.4) is 0 Å². The van der Waals surface area contributed by atoms with Gasteiger partial charge in [0, 0.05) is 30.0 Å². The van der Waals surface area contributed by atoms with Crippen LogP contribution in [0.1, 0.15) is 15.9 Å². The second-order valence-electron chi connectivity index (χ2n) is 5.87. The lowest BCUT2D eigenvalue weighted by Gasteiger charge is -2.08. The van der Waals surface area contributed by atoms with Crippen molar-refractivity contribution in [3.8, 4) is 0 Å². The zero-order chi connectivity index (χ0) is 17.1. The third kappa shape index (κ3) is 3.28. The Hall–Kier alpha value is -3.40. The van der Waals surface area contributed by atoms with Crippen molar-refractivity contribution in [3.63, 3.8) is 0 Å². The summed E-state index contributed by atoms with van der Waals surface area (Å²) in [5.74, 6) is 0.389. The minimum absolute atomic E-state index is 0.159. The van der Waals surface area contributed by atoms with Crippen LogP contribution in [0.4, 0.5) is 5.82 Å². The number of rotatable bonds is 4. The van der Waals surface area contributed by atoms with Crippen LogP contribution >= 0.6 is 0 Å². The summed E-state index contributed by atoms with van der Waals surface area (Å²) in [7, 11) is 0. The fourth-order valence-corrected chi connectivity index (χ4v) is 2.87. The summed E-state index contributed by atoms with van der Waals surface area (Å²) < 4.78 is 2.15. The fourth-order valence-electron chi connectivity index (χ4n) is 2.87. The summed E-state index contributed by atoms with van der Waals surface area (Å²) in [4.78, 5) is 16.6. The Labute approximate surface area is 145 Å². The van der Waals surface area contributed by atoms with Crippen LogP contribution in [-0.2, 0) is 6.54 Å². The first kappa shape index (κ1) is 15.1. The van der Waals surface area contributed by atoms with E-state index in [9.17, 15) is 4.79 Å². The van der Waals surface area contributed by atoms with Crippen LogP contribution in [0.25, 0.3) is 10.9 Å². The van der Waals surface area contributed by atoms with Gasteiger partial charge in [0.25, 0.3) is 5.91 Å². The number of nitrogens with one attached hydrogen (secondary N) is 1. The highest BCUT2D eigenvalue weighted by molar-refractivity contribution is 6.05. The van der Waals surface area contributed by atoms with E-state index in [1.807, 2.05) is 48.5 Å². The number of carbonyl (C=O) groups is 1. The first-order valence-electron chi connectivity index (χ1n) is 8.15. The van der Waals surface area contributed by atoms with Gasteiger partial charge in [-0.15, -0.1) is 0 Å². The van der Waals surface area contributed by atoms with E-state index >= 15 is 0 Å². The van der Waals surface area contributed by atoms with Crippen LogP contribution in [0.2, 0.25) is 0 Å². The third-order valence-electron chi connectivity index (χ3n) is 4.14. The molecule has 0 aliphatic heterocycles. The smallest absolute Gasteiger partial charge is 0.256 e.